The number of fused-ring (bicyclic) bond motifs is 1. The summed E-state index contributed by atoms with van der Waals surface area (Å²) in [5.74, 6) is -5.31. The van der Waals surface area contributed by atoms with Gasteiger partial charge in [0.2, 0.25) is 0 Å². The van der Waals surface area contributed by atoms with Crippen molar-refractivity contribution in [3.63, 3.8) is 0 Å². The molecule has 0 amide bonds. The van der Waals surface area contributed by atoms with E-state index in [2.05, 4.69) is 0 Å². The van der Waals surface area contributed by atoms with Crippen molar-refractivity contribution in [2.24, 2.45) is 0 Å². The van der Waals surface area contributed by atoms with Crippen LogP contribution in [0, 0.1) is 5.82 Å². The quantitative estimate of drug-likeness (QED) is 0.779. The Hall–Kier alpha value is -0.820. The van der Waals surface area contributed by atoms with Crippen molar-refractivity contribution in [3.05, 3.63) is 29.1 Å². The molecule has 0 saturated heterocycles. The first-order valence-corrected chi connectivity index (χ1v) is 5.00. The average Bonchev–Trinajstić information content (AvgIpc) is 2.33. The molecular formula is C9H5F5OS. The molecule has 0 atom stereocenters. The molecule has 0 saturated carbocycles. The predicted octanol–water partition coefficient (Wildman–Crippen LogP) is 3.11. The van der Waals surface area contributed by atoms with Crippen molar-refractivity contribution in [2.45, 2.75) is 22.7 Å². The van der Waals surface area contributed by atoms with Crippen LogP contribution in [0.1, 0.15) is 11.1 Å². The standard InChI is InChI=1S/C9H5F5OS/c10-6-2-1-5-7(4(6)3-15)16-9(13,14)8(5,11)12/h1-2,15H,3H2. The van der Waals surface area contributed by atoms with Crippen molar-refractivity contribution in [1.82, 2.24) is 0 Å². The van der Waals surface area contributed by atoms with Crippen LogP contribution in [-0.4, -0.2) is 10.4 Å². The fourth-order valence-electron chi connectivity index (χ4n) is 1.46. The van der Waals surface area contributed by atoms with Crippen LogP contribution in [0.15, 0.2) is 17.0 Å². The zero-order chi connectivity index (χ0) is 12.1. The molecule has 1 aromatic carbocycles. The Kier molecular flexibility index (Phi) is 2.43. The van der Waals surface area contributed by atoms with Gasteiger partial charge in [-0.3, -0.25) is 0 Å². The molecule has 0 bridgehead atoms. The SMILES string of the molecule is OCc1c(F)ccc2c1SC(F)(F)C2(F)F. The Morgan fingerprint density at radius 1 is 1.19 bits per heavy atom. The first-order chi connectivity index (χ1) is 7.31. The van der Waals surface area contributed by atoms with Crippen LogP contribution in [0.5, 0.6) is 0 Å². The van der Waals surface area contributed by atoms with Crippen LogP contribution in [0.2, 0.25) is 0 Å². The van der Waals surface area contributed by atoms with Crippen molar-refractivity contribution in [1.29, 1.82) is 0 Å². The van der Waals surface area contributed by atoms with E-state index in [1.807, 2.05) is 0 Å². The lowest BCUT2D eigenvalue weighted by Gasteiger charge is -2.17. The van der Waals surface area contributed by atoms with Gasteiger partial charge in [-0.1, -0.05) is 0 Å². The molecule has 1 heterocycles. The molecule has 1 nitrogen and oxygen atoms in total. The summed E-state index contributed by atoms with van der Waals surface area (Å²) in [7, 11) is 0. The van der Waals surface area contributed by atoms with Crippen LogP contribution in [0.25, 0.3) is 0 Å². The number of halogens is 5. The second kappa shape index (κ2) is 3.33. The van der Waals surface area contributed by atoms with Gasteiger partial charge in [0.25, 0.3) is 0 Å². The van der Waals surface area contributed by atoms with E-state index < -0.39 is 51.4 Å². The minimum atomic E-state index is -4.34. The zero-order valence-electron chi connectivity index (χ0n) is 7.61. The predicted molar refractivity (Wildman–Crippen MR) is 47.0 cm³/mol. The Labute approximate surface area is 91.3 Å². The van der Waals surface area contributed by atoms with Crippen LogP contribution in [0.3, 0.4) is 0 Å². The zero-order valence-corrected chi connectivity index (χ0v) is 8.42. The van der Waals surface area contributed by atoms with E-state index in [1.54, 1.807) is 0 Å². The smallest absolute Gasteiger partial charge is 0.364 e. The highest BCUT2D eigenvalue weighted by molar-refractivity contribution is 8.00. The number of alkyl halides is 4. The molecule has 0 unspecified atom stereocenters. The molecule has 0 spiro atoms. The van der Waals surface area contributed by atoms with Crippen molar-refractivity contribution in [2.75, 3.05) is 0 Å². The lowest BCUT2D eigenvalue weighted by atomic mass is 10.1. The normalized spacial score (nSPS) is 20.9. The number of aliphatic hydroxyl groups is 1. The van der Waals surface area contributed by atoms with E-state index in [0.29, 0.717) is 12.1 Å². The summed E-state index contributed by atoms with van der Waals surface area (Å²) in [6.07, 6.45) is 0. The molecular weight excluding hydrogens is 251 g/mol. The molecule has 88 valence electrons. The second-order valence-electron chi connectivity index (χ2n) is 3.25. The van der Waals surface area contributed by atoms with E-state index in [-0.39, 0.29) is 0 Å². The van der Waals surface area contributed by atoms with Gasteiger partial charge in [0.05, 0.1) is 6.61 Å². The van der Waals surface area contributed by atoms with Crippen molar-refractivity contribution < 1.29 is 27.1 Å². The Balaban J connectivity index is 2.68. The monoisotopic (exact) mass is 256 g/mol. The lowest BCUT2D eigenvalue weighted by molar-refractivity contribution is -0.154. The number of rotatable bonds is 1. The fraction of sp³-hybridized carbons (Fsp3) is 0.333. The van der Waals surface area contributed by atoms with Crippen molar-refractivity contribution in [3.8, 4) is 0 Å². The maximum Gasteiger partial charge on any atom is 0.364 e. The molecule has 16 heavy (non-hydrogen) atoms. The minimum absolute atomic E-state index is 0.418. The highest BCUT2D eigenvalue weighted by Crippen LogP contribution is 2.61. The van der Waals surface area contributed by atoms with Gasteiger partial charge in [-0.25, -0.2) is 4.39 Å². The van der Waals surface area contributed by atoms with E-state index in [0.717, 1.165) is 0 Å². The fourth-order valence-corrected chi connectivity index (χ4v) is 2.55. The summed E-state index contributed by atoms with van der Waals surface area (Å²) in [5, 5.41) is 4.47. The van der Waals surface area contributed by atoms with Gasteiger partial charge >= 0.3 is 11.2 Å². The molecule has 0 radical (unpaired) electrons. The summed E-state index contributed by atoms with van der Waals surface area (Å²) in [5.41, 5.74) is -1.45. The third-order valence-electron chi connectivity index (χ3n) is 2.30. The van der Waals surface area contributed by atoms with Crippen LogP contribution < -0.4 is 0 Å². The maximum absolute atomic E-state index is 13.2. The molecule has 1 N–H and O–H groups in total. The third-order valence-corrected chi connectivity index (χ3v) is 3.48. The van der Waals surface area contributed by atoms with Gasteiger partial charge in [0.1, 0.15) is 5.82 Å². The minimum Gasteiger partial charge on any atom is -0.392 e. The van der Waals surface area contributed by atoms with E-state index in [1.165, 1.54) is 0 Å². The van der Waals surface area contributed by atoms with Gasteiger partial charge in [0.15, 0.2) is 0 Å². The Morgan fingerprint density at radius 2 is 1.81 bits per heavy atom. The lowest BCUT2D eigenvalue weighted by Crippen LogP contribution is -2.29. The van der Waals surface area contributed by atoms with Crippen LogP contribution in [0.4, 0.5) is 22.0 Å². The molecule has 1 aliphatic heterocycles. The summed E-state index contributed by atoms with van der Waals surface area (Å²) in [4.78, 5) is -0.572. The average molecular weight is 256 g/mol. The molecule has 1 aliphatic rings. The number of aliphatic hydroxyl groups excluding tert-OH is 1. The summed E-state index contributed by atoms with van der Waals surface area (Å²) < 4.78 is 65.4. The first kappa shape index (κ1) is 11.7. The topological polar surface area (TPSA) is 20.2 Å². The number of thioether (sulfide) groups is 1. The Morgan fingerprint density at radius 3 is 2.38 bits per heavy atom. The van der Waals surface area contributed by atoms with Gasteiger partial charge in [-0.15, -0.1) is 0 Å². The summed E-state index contributed by atoms with van der Waals surface area (Å²) in [6.45, 7) is -0.895. The molecule has 7 heteroatoms. The van der Waals surface area contributed by atoms with Gasteiger partial charge in [0, 0.05) is 16.0 Å². The maximum atomic E-state index is 13.2. The summed E-state index contributed by atoms with van der Waals surface area (Å²) >= 11 is -0.418. The number of hydrogen-bond acceptors (Lipinski definition) is 2. The third kappa shape index (κ3) is 1.34. The summed E-state index contributed by atoms with van der Waals surface area (Å²) in [6, 6.07) is 1.28. The van der Waals surface area contributed by atoms with E-state index >= 15 is 0 Å². The molecule has 0 aliphatic carbocycles. The van der Waals surface area contributed by atoms with E-state index in [9.17, 15) is 22.0 Å². The van der Waals surface area contributed by atoms with Gasteiger partial charge < -0.3 is 5.11 Å². The Bertz CT molecular complexity index is 446. The first-order valence-electron chi connectivity index (χ1n) is 4.18. The highest BCUT2D eigenvalue weighted by atomic mass is 32.2. The molecule has 2 rings (SSSR count). The van der Waals surface area contributed by atoms with E-state index in [4.69, 9.17) is 5.11 Å². The second-order valence-corrected chi connectivity index (χ2v) is 4.38. The van der Waals surface area contributed by atoms with Crippen LogP contribution in [-0.2, 0) is 12.5 Å². The molecule has 1 aromatic rings. The molecule has 0 aromatic heterocycles. The van der Waals surface area contributed by atoms with Crippen molar-refractivity contribution >= 4 is 11.8 Å². The highest BCUT2D eigenvalue weighted by Gasteiger charge is 2.64. The largest absolute Gasteiger partial charge is 0.392 e. The number of benzene rings is 1. The molecule has 0 fully saturated rings. The van der Waals surface area contributed by atoms with Gasteiger partial charge in [-0.2, -0.15) is 17.6 Å². The van der Waals surface area contributed by atoms with Crippen LogP contribution >= 0.6 is 11.8 Å². The van der Waals surface area contributed by atoms with Gasteiger partial charge in [-0.05, 0) is 23.9 Å². The number of hydrogen-bond donors (Lipinski definition) is 1.